The van der Waals surface area contributed by atoms with Gasteiger partial charge in [0.1, 0.15) is 47.0 Å². The third-order valence-corrected chi connectivity index (χ3v) is 14.5. The molecule has 4 aliphatic carbocycles. The maximum atomic E-state index is 13.7. The Morgan fingerprint density at radius 3 is 1.27 bits per heavy atom. The van der Waals surface area contributed by atoms with Crippen molar-refractivity contribution in [3.8, 4) is 0 Å². The Morgan fingerprint density at radius 1 is 0.654 bits per heavy atom. The fourth-order valence-corrected chi connectivity index (χ4v) is 9.90. The molecule has 2 N–H and O–H groups in total. The van der Waals surface area contributed by atoms with Gasteiger partial charge >= 0.3 is 11.9 Å². The van der Waals surface area contributed by atoms with Crippen LogP contribution in [0.5, 0.6) is 0 Å². The number of esters is 2. The molecule has 4 aliphatic rings. The van der Waals surface area contributed by atoms with Gasteiger partial charge in [0.05, 0.1) is 0 Å². The van der Waals surface area contributed by atoms with Crippen molar-refractivity contribution in [1.29, 1.82) is 0 Å². The Bertz CT molecular complexity index is 1650. The van der Waals surface area contributed by atoms with Gasteiger partial charge in [0, 0.05) is 23.3 Å². The minimum Gasteiger partial charge on any atom is -0.512 e. The summed E-state index contributed by atoms with van der Waals surface area (Å²) < 4.78 is 12.3. The van der Waals surface area contributed by atoms with E-state index in [2.05, 4.69) is 41.5 Å². The van der Waals surface area contributed by atoms with Crippen LogP contribution in [0.2, 0.25) is 0 Å². The summed E-state index contributed by atoms with van der Waals surface area (Å²) in [7, 11) is 0. The minimum atomic E-state index is -0.678. The Hall–Kier alpha value is -4.20. The number of allylic oxidation sites excluding steroid dienone is 2. The van der Waals surface area contributed by atoms with Crippen LogP contribution >= 0.6 is 0 Å². The van der Waals surface area contributed by atoms with Crippen LogP contribution in [0, 0.1) is 33.5 Å². The van der Waals surface area contributed by atoms with E-state index in [9.17, 15) is 19.8 Å². The molecule has 2 aromatic carbocycles. The smallest absolute Gasteiger partial charge is 0.343 e. The van der Waals surface area contributed by atoms with Gasteiger partial charge in [0.15, 0.2) is 0 Å². The molecule has 0 radical (unpaired) electrons. The standard InChI is InChI=1S/C44H56N2O6/c1-27(47)33(39(49)51-35-23-31-19-21-43(35,7)41(31,3)4)25-45-37(29-15-11-9-12-16-29)38(30-17-13-10-14-18-30)46-26-34(28(2)48)40(50)52-36-24-32-20-22-44(36,8)42(32,5)6/h9-18,25-26,31-32,35-38,47-48H,19-24H2,1-8H3/b33-27+,34-28+,45-25?,46-26?/t31-,32-,35+,36+,37+,38+,43+,44+/m1/s1. The lowest BCUT2D eigenvalue weighted by Crippen LogP contribution is -2.38. The lowest BCUT2D eigenvalue weighted by Gasteiger charge is -2.38. The number of ether oxygens (including phenoxy) is 2. The number of benzene rings is 2. The van der Waals surface area contributed by atoms with Gasteiger partial charge in [0.2, 0.25) is 0 Å². The lowest BCUT2D eigenvalue weighted by molar-refractivity contribution is -0.152. The second-order valence-corrected chi connectivity index (χ2v) is 17.3. The van der Waals surface area contributed by atoms with Crippen molar-refractivity contribution in [3.05, 3.63) is 94.5 Å². The predicted molar refractivity (Wildman–Crippen MR) is 204 cm³/mol. The Balaban J connectivity index is 1.30. The molecule has 6 rings (SSSR count). The summed E-state index contributed by atoms with van der Waals surface area (Å²) in [5.74, 6) is -0.609. The third-order valence-electron chi connectivity index (χ3n) is 14.5. The minimum absolute atomic E-state index is 0.0152. The van der Waals surface area contributed by atoms with Crippen LogP contribution in [0.1, 0.15) is 117 Å². The summed E-state index contributed by atoms with van der Waals surface area (Å²) in [5, 5.41) is 21.5. The van der Waals surface area contributed by atoms with Crippen molar-refractivity contribution in [2.24, 2.45) is 43.5 Å². The largest absolute Gasteiger partial charge is 0.512 e. The van der Waals surface area contributed by atoms with Gasteiger partial charge in [-0.3, -0.25) is 9.98 Å². The van der Waals surface area contributed by atoms with Crippen LogP contribution in [0.15, 0.2) is 93.3 Å². The van der Waals surface area contributed by atoms with Crippen LogP contribution in [-0.2, 0) is 19.1 Å². The van der Waals surface area contributed by atoms with E-state index < -0.39 is 24.0 Å². The van der Waals surface area contributed by atoms with E-state index in [0.29, 0.717) is 11.8 Å². The number of aliphatic imine (C=N–C) groups is 2. The predicted octanol–water partition coefficient (Wildman–Crippen LogP) is 9.79. The zero-order chi connectivity index (χ0) is 37.6. The van der Waals surface area contributed by atoms with E-state index in [0.717, 1.165) is 49.7 Å². The number of carbonyl (C=O) groups is 2. The van der Waals surface area contributed by atoms with Gasteiger partial charge in [-0.05, 0) is 86.2 Å². The van der Waals surface area contributed by atoms with Crippen LogP contribution in [0.4, 0.5) is 0 Å². The summed E-state index contributed by atoms with van der Waals surface area (Å²) >= 11 is 0. The first kappa shape index (κ1) is 37.6. The molecule has 0 aliphatic heterocycles. The molecule has 4 fully saturated rings. The van der Waals surface area contributed by atoms with Crippen LogP contribution < -0.4 is 0 Å². The number of aliphatic hydroxyl groups is 2. The monoisotopic (exact) mass is 708 g/mol. The van der Waals surface area contributed by atoms with Gasteiger partial charge in [0.25, 0.3) is 0 Å². The van der Waals surface area contributed by atoms with E-state index in [1.54, 1.807) is 0 Å². The SMILES string of the molecule is C/C(O)=C(/C=N[C@@H](c1ccccc1)[C@@H](N=C/C(C(=O)O[C@H]1C[C@H]2CC[C@]1(C)C2(C)C)=C(/C)O)c1ccccc1)C(=O)O[C@H]1C[C@H]2CC[C@]1(C)C2(C)C. The molecule has 0 saturated heterocycles. The van der Waals surface area contributed by atoms with E-state index in [4.69, 9.17) is 19.5 Å². The van der Waals surface area contributed by atoms with Crippen LogP contribution in [-0.4, -0.2) is 46.8 Å². The molecule has 0 spiro atoms. The fraction of sp³-hybridized carbons (Fsp3) is 0.545. The van der Waals surface area contributed by atoms with Crippen LogP contribution in [0.3, 0.4) is 0 Å². The molecule has 0 amide bonds. The summed E-state index contributed by atoms with van der Waals surface area (Å²) in [6.45, 7) is 16.4. The third kappa shape index (κ3) is 6.40. The molecule has 2 aromatic rings. The van der Waals surface area contributed by atoms with Gasteiger partial charge in [-0.15, -0.1) is 0 Å². The van der Waals surface area contributed by atoms with Crippen molar-refractivity contribution in [2.75, 3.05) is 0 Å². The number of aliphatic hydroxyl groups excluding tert-OH is 2. The summed E-state index contributed by atoms with van der Waals surface area (Å²) in [5.41, 5.74) is 1.42. The number of carbonyl (C=O) groups excluding carboxylic acids is 2. The Kier molecular flexibility index (Phi) is 10.1. The molecular weight excluding hydrogens is 652 g/mol. The van der Waals surface area contributed by atoms with Gasteiger partial charge in [-0.1, -0.05) is 102 Å². The van der Waals surface area contributed by atoms with Crippen molar-refractivity contribution < 1.29 is 29.3 Å². The Labute approximate surface area is 309 Å². The van der Waals surface area contributed by atoms with Gasteiger partial charge < -0.3 is 19.7 Å². The van der Waals surface area contributed by atoms with Crippen molar-refractivity contribution >= 4 is 24.4 Å². The van der Waals surface area contributed by atoms with Crippen molar-refractivity contribution in [2.45, 2.75) is 118 Å². The number of fused-ring (bicyclic) bond motifs is 4. The molecule has 52 heavy (non-hydrogen) atoms. The highest BCUT2D eigenvalue weighted by Crippen LogP contribution is 2.67. The summed E-state index contributed by atoms with van der Waals surface area (Å²) in [4.78, 5) is 37.3. The quantitative estimate of drug-likeness (QED) is 0.104. The number of hydrogen-bond donors (Lipinski definition) is 2. The first-order valence-electron chi connectivity index (χ1n) is 18.9. The normalized spacial score (nSPS) is 32.1. The molecule has 0 aromatic heterocycles. The second-order valence-electron chi connectivity index (χ2n) is 17.3. The second kappa shape index (κ2) is 14.0. The zero-order valence-electron chi connectivity index (χ0n) is 32.1. The summed E-state index contributed by atoms with van der Waals surface area (Å²) in [6, 6.07) is 17.8. The van der Waals surface area contributed by atoms with E-state index >= 15 is 0 Å². The van der Waals surface area contributed by atoms with E-state index in [-0.39, 0.29) is 56.5 Å². The summed E-state index contributed by atoms with van der Waals surface area (Å²) in [6.07, 6.45) is 8.15. The molecule has 8 heteroatoms. The van der Waals surface area contributed by atoms with Crippen LogP contribution in [0.25, 0.3) is 0 Å². The highest BCUT2D eigenvalue weighted by atomic mass is 16.6. The molecular formula is C44H56N2O6. The van der Waals surface area contributed by atoms with E-state index in [1.165, 1.54) is 26.3 Å². The van der Waals surface area contributed by atoms with Gasteiger partial charge in [-0.2, -0.15) is 0 Å². The van der Waals surface area contributed by atoms with E-state index in [1.807, 2.05) is 60.7 Å². The lowest BCUT2D eigenvalue weighted by atomic mass is 9.70. The number of rotatable bonds is 11. The highest BCUT2D eigenvalue weighted by molar-refractivity contribution is 6.10. The molecule has 8 nitrogen and oxygen atoms in total. The zero-order valence-corrected chi connectivity index (χ0v) is 32.1. The first-order valence-corrected chi connectivity index (χ1v) is 18.9. The number of hydrogen-bond acceptors (Lipinski definition) is 8. The maximum absolute atomic E-state index is 13.7. The molecule has 0 unspecified atom stereocenters. The Morgan fingerprint density at radius 2 is 1.00 bits per heavy atom. The topological polar surface area (TPSA) is 118 Å². The van der Waals surface area contributed by atoms with Crippen molar-refractivity contribution in [3.63, 3.8) is 0 Å². The first-order chi connectivity index (χ1) is 24.5. The molecule has 278 valence electrons. The maximum Gasteiger partial charge on any atom is 0.343 e. The average molecular weight is 709 g/mol. The molecule has 4 saturated carbocycles. The highest BCUT2D eigenvalue weighted by Gasteiger charge is 2.64. The molecule has 0 heterocycles. The van der Waals surface area contributed by atoms with Gasteiger partial charge in [-0.25, -0.2) is 9.59 Å². The average Bonchev–Trinajstić information content (AvgIpc) is 3.62. The molecule has 8 atom stereocenters. The fourth-order valence-electron chi connectivity index (χ4n) is 9.90. The van der Waals surface area contributed by atoms with Crippen molar-refractivity contribution in [1.82, 2.24) is 0 Å². The number of nitrogens with zero attached hydrogens (tertiary/aromatic N) is 2. The molecule has 4 bridgehead atoms.